The lowest BCUT2D eigenvalue weighted by atomic mass is 9.93. The molecule has 1 unspecified atom stereocenters. The minimum Gasteiger partial charge on any atom is -0.475 e. The number of nitrogens with zero attached hydrogens (tertiary/aromatic N) is 3. The van der Waals surface area contributed by atoms with Crippen molar-refractivity contribution in [2.45, 2.75) is 11.9 Å². The van der Waals surface area contributed by atoms with Crippen molar-refractivity contribution in [3.05, 3.63) is 88.4 Å². The molecule has 10 nitrogen and oxygen atoms in total. The minimum atomic E-state index is -5.08. The van der Waals surface area contributed by atoms with Crippen LogP contribution in [0, 0.1) is 0 Å². The number of carboxylic acid groups (broad SMARTS) is 2. The number of anilines is 2. The summed E-state index contributed by atoms with van der Waals surface area (Å²) in [5.74, 6) is -2.97. The van der Waals surface area contributed by atoms with Gasteiger partial charge < -0.3 is 20.3 Å². The summed E-state index contributed by atoms with van der Waals surface area (Å²) in [4.78, 5) is 43.0. The number of aromatic nitrogens is 2. The van der Waals surface area contributed by atoms with Crippen molar-refractivity contribution in [3.63, 3.8) is 0 Å². The molecule has 0 saturated carbocycles. The Bertz CT molecular complexity index is 1610. The second kappa shape index (κ2) is 9.93. The maximum Gasteiger partial charge on any atom is 0.490 e. The van der Waals surface area contributed by atoms with Crippen molar-refractivity contribution in [1.29, 1.82) is 0 Å². The number of benzene rings is 3. The molecule has 14 heteroatoms. The SMILES string of the molecule is CN(C(=O)O)c1nc2ccc(C3(O)c4ccccc4C(=O)N3c3cccc(Cl)c3)cc2[nH]1.O=C(O)C(F)(F)F. The molecule has 1 aromatic heterocycles. The first-order valence-corrected chi connectivity index (χ1v) is 11.3. The van der Waals surface area contributed by atoms with Crippen LogP contribution in [0.2, 0.25) is 5.02 Å². The van der Waals surface area contributed by atoms with Gasteiger partial charge in [0, 0.05) is 34.4 Å². The molecule has 2 amide bonds. The number of fused-ring (bicyclic) bond motifs is 2. The molecule has 0 fully saturated rings. The van der Waals surface area contributed by atoms with Crippen molar-refractivity contribution in [2.24, 2.45) is 0 Å². The Labute approximate surface area is 222 Å². The van der Waals surface area contributed by atoms with Gasteiger partial charge in [-0.15, -0.1) is 0 Å². The van der Waals surface area contributed by atoms with E-state index in [4.69, 9.17) is 21.5 Å². The zero-order chi connectivity index (χ0) is 28.7. The van der Waals surface area contributed by atoms with Gasteiger partial charge in [-0.2, -0.15) is 13.2 Å². The lowest BCUT2D eigenvalue weighted by Crippen LogP contribution is -2.45. The third-order valence-electron chi connectivity index (χ3n) is 5.85. The number of carboxylic acids is 1. The van der Waals surface area contributed by atoms with E-state index in [9.17, 15) is 33.0 Å². The summed E-state index contributed by atoms with van der Waals surface area (Å²) in [6, 6.07) is 18.6. The van der Waals surface area contributed by atoms with Crippen molar-refractivity contribution < 1.29 is 42.9 Å². The van der Waals surface area contributed by atoms with Crippen molar-refractivity contribution in [1.82, 2.24) is 9.97 Å². The molecule has 4 N–H and O–H groups in total. The number of alkyl halides is 3. The number of aromatic amines is 1. The Morgan fingerprint density at radius 1 is 1.05 bits per heavy atom. The first kappa shape index (κ1) is 27.4. The van der Waals surface area contributed by atoms with Crippen LogP contribution in [0.4, 0.5) is 29.6 Å². The molecule has 3 aromatic carbocycles. The van der Waals surface area contributed by atoms with Crippen LogP contribution in [0.25, 0.3) is 11.0 Å². The summed E-state index contributed by atoms with van der Waals surface area (Å²) >= 11 is 6.17. The quantitative estimate of drug-likeness (QED) is 0.280. The Kier molecular flexibility index (Phi) is 6.98. The molecule has 2 heterocycles. The number of H-pyrrole nitrogens is 1. The Hall–Kier alpha value is -4.62. The smallest absolute Gasteiger partial charge is 0.475 e. The van der Waals surface area contributed by atoms with Crippen molar-refractivity contribution >= 4 is 52.2 Å². The Morgan fingerprint density at radius 2 is 1.72 bits per heavy atom. The highest BCUT2D eigenvalue weighted by Crippen LogP contribution is 2.45. The number of carbonyl (C=O) groups is 3. The second-order valence-electron chi connectivity index (χ2n) is 8.28. The van der Waals surface area contributed by atoms with Crippen LogP contribution in [0.5, 0.6) is 0 Å². The summed E-state index contributed by atoms with van der Waals surface area (Å²) in [5.41, 5.74) is 0.900. The van der Waals surface area contributed by atoms with E-state index in [-0.39, 0.29) is 11.9 Å². The normalized spacial score (nSPS) is 16.5. The Morgan fingerprint density at radius 3 is 2.33 bits per heavy atom. The number of aliphatic hydroxyl groups is 1. The van der Waals surface area contributed by atoms with Gasteiger partial charge in [0.25, 0.3) is 5.91 Å². The van der Waals surface area contributed by atoms with Gasteiger partial charge in [-0.1, -0.05) is 41.9 Å². The first-order chi connectivity index (χ1) is 18.2. The van der Waals surface area contributed by atoms with E-state index in [1.807, 2.05) is 0 Å². The number of hydrogen-bond acceptors (Lipinski definition) is 5. The van der Waals surface area contributed by atoms with Crippen molar-refractivity contribution in [3.8, 4) is 0 Å². The maximum absolute atomic E-state index is 13.4. The summed E-state index contributed by atoms with van der Waals surface area (Å²) in [6.45, 7) is 0. The van der Waals surface area contributed by atoms with Gasteiger partial charge in [-0.05, 0) is 36.4 Å². The van der Waals surface area contributed by atoms with Crippen molar-refractivity contribution in [2.75, 3.05) is 16.8 Å². The van der Waals surface area contributed by atoms with E-state index in [0.29, 0.717) is 38.4 Å². The topological polar surface area (TPSA) is 147 Å². The van der Waals surface area contributed by atoms with Crippen LogP contribution in [0.3, 0.4) is 0 Å². The van der Waals surface area contributed by atoms with Gasteiger partial charge in [0.2, 0.25) is 5.95 Å². The Balaban J connectivity index is 0.000000448. The zero-order valence-corrected chi connectivity index (χ0v) is 20.5. The zero-order valence-electron chi connectivity index (χ0n) is 19.8. The molecule has 0 aliphatic carbocycles. The molecule has 0 saturated heterocycles. The number of imidazole rings is 1. The predicted octanol–water partition coefficient (Wildman–Crippen LogP) is 4.82. The fourth-order valence-corrected chi connectivity index (χ4v) is 4.21. The van der Waals surface area contributed by atoms with Crippen LogP contribution in [0.15, 0.2) is 66.7 Å². The van der Waals surface area contributed by atoms with E-state index >= 15 is 0 Å². The number of rotatable bonds is 3. The van der Waals surface area contributed by atoms with Gasteiger partial charge in [0.05, 0.1) is 11.0 Å². The second-order valence-corrected chi connectivity index (χ2v) is 8.71. The van der Waals surface area contributed by atoms with E-state index in [2.05, 4.69) is 9.97 Å². The number of hydrogen-bond donors (Lipinski definition) is 4. The highest BCUT2D eigenvalue weighted by atomic mass is 35.5. The van der Waals surface area contributed by atoms with Gasteiger partial charge in [-0.3, -0.25) is 14.6 Å². The molecule has 0 radical (unpaired) electrons. The number of carbonyl (C=O) groups excluding carboxylic acids is 1. The lowest BCUT2D eigenvalue weighted by molar-refractivity contribution is -0.192. The monoisotopic (exact) mass is 562 g/mol. The van der Waals surface area contributed by atoms with Crippen LogP contribution in [-0.2, 0) is 10.5 Å². The summed E-state index contributed by atoms with van der Waals surface area (Å²) in [7, 11) is 1.38. The molecule has 1 aliphatic rings. The summed E-state index contributed by atoms with van der Waals surface area (Å²) in [5, 5.41) is 28.9. The number of nitrogens with one attached hydrogen (secondary N) is 1. The molecule has 4 aromatic rings. The molecule has 39 heavy (non-hydrogen) atoms. The van der Waals surface area contributed by atoms with E-state index in [0.717, 1.165) is 4.90 Å². The summed E-state index contributed by atoms with van der Waals surface area (Å²) < 4.78 is 31.7. The molecule has 5 rings (SSSR count). The van der Waals surface area contributed by atoms with Crippen LogP contribution >= 0.6 is 11.6 Å². The number of amides is 2. The number of aliphatic carboxylic acids is 1. The molecule has 0 spiro atoms. The average molecular weight is 563 g/mol. The van der Waals surface area contributed by atoms with Gasteiger partial charge in [0.1, 0.15) is 0 Å². The molecular weight excluding hydrogens is 545 g/mol. The van der Waals surface area contributed by atoms with Crippen LogP contribution in [-0.4, -0.2) is 56.5 Å². The fraction of sp³-hybridized carbons (Fsp3) is 0.120. The predicted molar refractivity (Wildman–Crippen MR) is 134 cm³/mol. The first-order valence-electron chi connectivity index (χ1n) is 10.9. The van der Waals surface area contributed by atoms with Gasteiger partial charge in [0.15, 0.2) is 5.72 Å². The molecule has 202 valence electrons. The van der Waals surface area contributed by atoms with Gasteiger partial charge in [-0.25, -0.2) is 14.6 Å². The maximum atomic E-state index is 13.4. The lowest BCUT2D eigenvalue weighted by Gasteiger charge is -2.35. The third kappa shape index (κ3) is 4.96. The molecular formula is C25H18ClF3N4O6. The summed E-state index contributed by atoms with van der Waals surface area (Å²) in [6.07, 6.45) is -6.25. The molecule has 0 bridgehead atoms. The van der Waals surface area contributed by atoms with E-state index in [1.165, 1.54) is 11.9 Å². The van der Waals surface area contributed by atoms with E-state index in [1.54, 1.807) is 66.7 Å². The molecule has 1 atom stereocenters. The largest absolute Gasteiger partial charge is 0.490 e. The van der Waals surface area contributed by atoms with Gasteiger partial charge >= 0.3 is 18.2 Å². The highest BCUT2D eigenvalue weighted by molar-refractivity contribution is 6.31. The minimum absolute atomic E-state index is 0.145. The fourth-order valence-electron chi connectivity index (χ4n) is 4.03. The highest BCUT2D eigenvalue weighted by Gasteiger charge is 2.50. The number of halogens is 4. The standard InChI is InChI=1S/C23H17ClN4O4.C2HF3O2/c1-27(22(30)31)21-25-18-10-9-13(11-19(18)26-21)23(32)17-8-3-2-7-16(17)20(29)28(23)15-6-4-5-14(24)12-15;3-2(4,5)1(6)7/h2-12,32H,1H3,(H,25,26)(H,30,31);(H,6,7). The average Bonchev–Trinajstić information content (AvgIpc) is 3.40. The third-order valence-corrected chi connectivity index (χ3v) is 6.08. The van der Waals surface area contributed by atoms with E-state index < -0.39 is 24.0 Å². The van der Waals surface area contributed by atoms with Crippen LogP contribution in [0.1, 0.15) is 21.5 Å². The van der Waals surface area contributed by atoms with Crippen LogP contribution < -0.4 is 9.80 Å². The molecule has 1 aliphatic heterocycles.